The molecule has 6 aromatic carbocycles. The van der Waals surface area contributed by atoms with E-state index in [0.29, 0.717) is 5.56 Å². The predicted octanol–water partition coefficient (Wildman–Crippen LogP) is 11.6. The molecule has 3 nitrogen and oxygen atoms in total. The van der Waals surface area contributed by atoms with Crippen LogP contribution in [0.5, 0.6) is 0 Å². The van der Waals surface area contributed by atoms with Gasteiger partial charge in [-0.05, 0) is 90.7 Å². The lowest BCUT2D eigenvalue weighted by Crippen LogP contribution is -2.02. The Morgan fingerprint density at radius 3 is 2.13 bits per heavy atom. The molecule has 47 heavy (non-hydrogen) atoms. The number of rotatable bonds is 3. The van der Waals surface area contributed by atoms with Crippen LogP contribution in [0.15, 0.2) is 133 Å². The van der Waals surface area contributed by atoms with Crippen LogP contribution in [0.25, 0.3) is 81.5 Å². The van der Waals surface area contributed by atoms with E-state index >= 15 is 0 Å². The molecule has 0 amide bonds. The van der Waals surface area contributed by atoms with E-state index in [1.807, 2.05) is 23.5 Å². The number of aromatic nitrogens is 2. The minimum absolute atomic E-state index is 0.679. The van der Waals surface area contributed by atoms with E-state index in [-0.39, 0.29) is 0 Å². The second kappa shape index (κ2) is 10.1. The average molecular weight is 618 g/mol. The van der Waals surface area contributed by atoms with Gasteiger partial charge in [-0.15, -0.1) is 11.3 Å². The van der Waals surface area contributed by atoms with Gasteiger partial charge in [0.05, 0.1) is 38.6 Å². The van der Waals surface area contributed by atoms with Crippen LogP contribution in [-0.2, 0) is 6.42 Å². The van der Waals surface area contributed by atoms with E-state index in [1.165, 1.54) is 81.0 Å². The van der Waals surface area contributed by atoms with Crippen LogP contribution in [0.2, 0.25) is 0 Å². The molecule has 1 aliphatic carbocycles. The smallest absolute Gasteiger partial charge is 0.0991 e. The molecule has 0 bridgehead atoms. The summed E-state index contributed by atoms with van der Waals surface area (Å²) in [7, 11) is 0. The van der Waals surface area contributed by atoms with Gasteiger partial charge in [-0.3, -0.25) is 0 Å². The maximum absolute atomic E-state index is 9.35. The molecule has 0 atom stereocenters. The van der Waals surface area contributed by atoms with E-state index in [9.17, 15) is 5.26 Å². The van der Waals surface area contributed by atoms with E-state index in [4.69, 9.17) is 0 Å². The van der Waals surface area contributed by atoms with Gasteiger partial charge in [-0.2, -0.15) is 5.26 Å². The molecule has 0 saturated carbocycles. The number of benzene rings is 6. The van der Waals surface area contributed by atoms with Crippen molar-refractivity contribution >= 4 is 70.3 Å². The molecule has 3 heterocycles. The van der Waals surface area contributed by atoms with E-state index < -0.39 is 0 Å². The van der Waals surface area contributed by atoms with Gasteiger partial charge in [0.1, 0.15) is 0 Å². The summed E-state index contributed by atoms with van der Waals surface area (Å²) in [5, 5.41) is 15.8. The van der Waals surface area contributed by atoms with E-state index in [2.05, 4.69) is 143 Å². The minimum Gasteiger partial charge on any atom is -0.313 e. The molecule has 0 unspecified atom stereocenters. The van der Waals surface area contributed by atoms with Crippen molar-refractivity contribution in [2.45, 2.75) is 12.8 Å². The Bertz CT molecular complexity index is 2800. The monoisotopic (exact) mass is 617 g/mol. The number of hydrogen-bond donors (Lipinski definition) is 0. The van der Waals surface area contributed by atoms with Crippen LogP contribution in [0, 0.1) is 11.3 Å². The SMILES string of the molecule is N#Cc1ccc(-n2c3c(c4cc(-c5ccc6c(c5)c5ccccc5n6-c5cccc6c5sc5ccccc56)ccc42)C=CCC3)cc1. The van der Waals surface area contributed by atoms with Gasteiger partial charge >= 0.3 is 0 Å². The Morgan fingerprint density at radius 2 is 1.30 bits per heavy atom. The average Bonchev–Trinajstić information content (AvgIpc) is 3.79. The summed E-state index contributed by atoms with van der Waals surface area (Å²) in [6, 6.07) is 48.3. The van der Waals surface area contributed by atoms with Gasteiger partial charge in [0.25, 0.3) is 0 Å². The quantitative estimate of drug-likeness (QED) is 0.194. The Labute approximate surface area is 275 Å². The molecule has 4 heteroatoms. The summed E-state index contributed by atoms with van der Waals surface area (Å²) in [6.45, 7) is 0. The van der Waals surface area contributed by atoms with Crippen molar-refractivity contribution in [3.63, 3.8) is 0 Å². The van der Waals surface area contributed by atoms with Gasteiger partial charge < -0.3 is 9.13 Å². The van der Waals surface area contributed by atoms with Crippen LogP contribution >= 0.6 is 11.3 Å². The first-order valence-corrected chi connectivity index (χ1v) is 16.9. The zero-order chi connectivity index (χ0) is 31.1. The van der Waals surface area contributed by atoms with Crippen LogP contribution < -0.4 is 0 Å². The first kappa shape index (κ1) is 26.3. The number of fused-ring (bicyclic) bond motifs is 9. The number of hydrogen-bond acceptors (Lipinski definition) is 2. The zero-order valence-corrected chi connectivity index (χ0v) is 26.3. The van der Waals surface area contributed by atoms with Crippen molar-refractivity contribution in [1.29, 1.82) is 5.26 Å². The summed E-state index contributed by atoms with van der Waals surface area (Å²) < 4.78 is 7.47. The Morgan fingerprint density at radius 1 is 0.596 bits per heavy atom. The summed E-state index contributed by atoms with van der Waals surface area (Å²) in [5.74, 6) is 0. The number of thiophene rings is 1. The van der Waals surface area contributed by atoms with Crippen LogP contribution in [-0.4, -0.2) is 9.13 Å². The maximum atomic E-state index is 9.35. The number of nitrogens with zero attached hydrogens (tertiary/aromatic N) is 3. The fourth-order valence-corrected chi connectivity index (χ4v) is 8.91. The molecule has 3 aromatic heterocycles. The topological polar surface area (TPSA) is 33.6 Å². The van der Waals surface area contributed by atoms with Gasteiger partial charge in [-0.1, -0.05) is 72.8 Å². The van der Waals surface area contributed by atoms with Gasteiger partial charge in [0.15, 0.2) is 0 Å². The highest BCUT2D eigenvalue weighted by Crippen LogP contribution is 2.42. The molecule has 0 spiro atoms. The molecule has 0 saturated heterocycles. The molecule has 10 rings (SSSR count). The second-order valence-corrected chi connectivity index (χ2v) is 13.4. The van der Waals surface area contributed by atoms with Crippen LogP contribution in [0.1, 0.15) is 23.2 Å². The summed E-state index contributed by atoms with van der Waals surface area (Å²) in [5.41, 5.74) is 11.7. The molecule has 0 fully saturated rings. The van der Waals surface area contributed by atoms with Crippen LogP contribution in [0.3, 0.4) is 0 Å². The van der Waals surface area contributed by atoms with Crippen molar-refractivity contribution in [2.24, 2.45) is 0 Å². The van der Waals surface area contributed by atoms with E-state index in [1.54, 1.807) is 0 Å². The molecular formula is C43H27N3S. The first-order chi connectivity index (χ1) is 23.3. The number of para-hydroxylation sites is 1. The van der Waals surface area contributed by atoms with E-state index in [0.717, 1.165) is 18.5 Å². The van der Waals surface area contributed by atoms with Crippen LogP contribution in [0.4, 0.5) is 0 Å². The van der Waals surface area contributed by atoms with Gasteiger partial charge in [-0.25, -0.2) is 0 Å². The Kier molecular flexibility index (Phi) is 5.64. The second-order valence-electron chi connectivity index (χ2n) is 12.4. The van der Waals surface area contributed by atoms with Gasteiger partial charge in [0.2, 0.25) is 0 Å². The lowest BCUT2D eigenvalue weighted by molar-refractivity contribution is 0.888. The lowest BCUT2D eigenvalue weighted by Gasteiger charge is -2.13. The summed E-state index contributed by atoms with van der Waals surface area (Å²) in [6.07, 6.45) is 6.60. The van der Waals surface area contributed by atoms with Crippen molar-refractivity contribution in [3.8, 4) is 28.6 Å². The van der Waals surface area contributed by atoms with Crippen molar-refractivity contribution in [2.75, 3.05) is 0 Å². The third-order valence-corrected chi connectivity index (χ3v) is 11.0. The Hall–Kier alpha value is -5.89. The molecule has 1 aliphatic rings. The Balaban J connectivity index is 1.17. The highest BCUT2D eigenvalue weighted by molar-refractivity contribution is 7.26. The standard InChI is InChI=1S/C43H27N3S/c44-26-27-16-20-30(21-17-27)45-37-12-4-1-8-31(37)35-24-28(18-22-39(35)45)29-19-23-40-36(25-29)32-9-2-5-13-38(32)46(40)41-14-7-11-34-33-10-3-6-15-42(33)47-43(34)41/h1-3,5-11,13-25H,4,12H2. The predicted molar refractivity (Wildman–Crippen MR) is 198 cm³/mol. The molecule has 220 valence electrons. The highest BCUT2D eigenvalue weighted by atomic mass is 32.1. The van der Waals surface area contributed by atoms with Crippen molar-refractivity contribution in [1.82, 2.24) is 9.13 Å². The van der Waals surface area contributed by atoms with Crippen molar-refractivity contribution < 1.29 is 0 Å². The third kappa shape index (κ3) is 3.84. The van der Waals surface area contributed by atoms with Crippen molar-refractivity contribution in [3.05, 3.63) is 150 Å². The lowest BCUT2D eigenvalue weighted by atomic mass is 9.98. The summed E-state index contributed by atoms with van der Waals surface area (Å²) in [4.78, 5) is 0. The molecular weight excluding hydrogens is 591 g/mol. The molecule has 9 aromatic rings. The maximum Gasteiger partial charge on any atom is 0.0991 e. The fraction of sp³-hybridized carbons (Fsp3) is 0.0465. The third-order valence-electron chi connectivity index (χ3n) is 9.83. The first-order valence-electron chi connectivity index (χ1n) is 16.1. The molecule has 0 N–H and O–H groups in total. The number of allylic oxidation sites excluding steroid dienone is 1. The fourth-order valence-electron chi connectivity index (χ4n) is 7.70. The highest BCUT2D eigenvalue weighted by Gasteiger charge is 2.20. The minimum atomic E-state index is 0.679. The molecule has 0 radical (unpaired) electrons. The summed E-state index contributed by atoms with van der Waals surface area (Å²) >= 11 is 1.88. The van der Waals surface area contributed by atoms with Gasteiger partial charge in [0, 0.05) is 48.6 Å². The molecule has 0 aliphatic heterocycles. The normalized spacial score (nSPS) is 12.8. The zero-order valence-electron chi connectivity index (χ0n) is 25.4. The number of nitriles is 1. The largest absolute Gasteiger partial charge is 0.313 e.